The Hall–Kier alpha value is -8.28. The number of carbonyl (C=O) groups excluding carboxylic acids is 12. The van der Waals surface area contributed by atoms with Crippen LogP contribution in [-0.4, -0.2) is 200 Å². The number of primary amides is 2. The van der Waals surface area contributed by atoms with E-state index in [0.29, 0.717) is 17.9 Å². The number of carbonyl (C=O) groups is 14. The molecule has 1 aromatic rings. The zero-order valence-corrected chi connectivity index (χ0v) is 49.7. The number of amides is 12. The number of aromatic amines is 1. The average Bonchev–Trinajstić information content (AvgIpc) is 4.07. The number of carboxylic acids is 2. The van der Waals surface area contributed by atoms with Crippen LogP contribution in [0.5, 0.6) is 0 Å². The Bertz CT molecular complexity index is 2520. The minimum atomic E-state index is -1.90. The van der Waals surface area contributed by atoms with Gasteiger partial charge in [0.25, 0.3) is 0 Å². The van der Waals surface area contributed by atoms with Gasteiger partial charge in [0.15, 0.2) is 5.96 Å². The summed E-state index contributed by atoms with van der Waals surface area (Å²) in [6, 6.07) is -15.4. The van der Waals surface area contributed by atoms with E-state index in [9.17, 15) is 72.2 Å². The fourth-order valence-corrected chi connectivity index (χ4v) is 8.39. The van der Waals surface area contributed by atoms with Gasteiger partial charge in [-0.3, -0.25) is 72.1 Å². The van der Waals surface area contributed by atoms with E-state index in [1.165, 1.54) is 24.3 Å². The number of rotatable bonds is 41. The van der Waals surface area contributed by atoms with Gasteiger partial charge in [-0.1, -0.05) is 27.7 Å². The summed E-state index contributed by atoms with van der Waals surface area (Å²) in [6.07, 6.45) is 1.79. The van der Waals surface area contributed by atoms with Crippen LogP contribution < -0.4 is 81.8 Å². The number of hydrogen-bond acceptors (Lipinski definition) is 19. The van der Waals surface area contributed by atoms with Crippen LogP contribution in [0.1, 0.15) is 91.7 Å². The lowest BCUT2D eigenvalue weighted by Gasteiger charge is -2.28. The summed E-state index contributed by atoms with van der Waals surface area (Å²) < 4.78 is 0. The lowest BCUT2D eigenvalue weighted by molar-refractivity contribution is -0.141. The molecule has 1 rings (SSSR count). The van der Waals surface area contributed by atoms with Gasteiger partial charge in [0.2, 0.25) is 70.9 Å². The molecular formula is C49H82N18O16S2. The Morgan fingerprint density at radius 2 is 1.00 bits per heavy atom. The molecule has 0 saturated heterocycles. The highest BCUT2D eigenvalue weighted by Crippen LogP contribution is 2.12. The number of imidazole rings is 1. The molecule has 0 spiro atoms. The standard InChI is InChI=1S/C49H82N18O16S2/c1-22(2)12-28(63-47(82)33(17-37(70)71)66-44(79)29(13-23(3)4)62-45(80)30(14-25-18-55-21-58-25)61-40(75)26(50)8-7-10-56-49(53)54)43(78)64-31(15-35(51)68)42(77)59-24(5)39(74)67-34(20-84)48(83)65-32(16-36(52)69)46(81)60-27(9-11-85-6)41(76)57-19-38(72)73/h18,21-24,26-34,84H,7-17,19-20,50H2,1-6H3,(H2,51,68)(H2,52,69)(H,55,58)(H,57,76)(H,59,77)(H,60,81)(H,61,75)(H,62,80)(H,63,82)(H,64,78)(H,65,83)(H,66,79)(H,67,74)(H,70,71)(H,72,73)(H4,53,54,56)/t24-,26-,27-,28-,29-,30-,31-,32-,33-,34-/m0/s1. The number of thiol groups is 1. The quantitative estimate of drug-likeness (QED) is 0.0125. The lowest BCUT2D eigenvalue weighted by atomic mass is 10.00. The first-order valence-electron chi connectivity index (χ1n) is 26.7. The van der Waals surface area contributed by atoms with Gasteiger partial charge in [-0.15, -0.1) is 0 Å². The maximum atomic E-state index is 14.0. The molecule has 10 atom stereocenters. The van der Waals surface area contributed by atoms with Crippen molar-refractivity contribution in [3.8, 4) is 0 Å². The van der Waals surface area contributed by atoms with Crippen molar-refractivity contribution in [1.82, 2.24) is 63.1 Å². The first kappa shape index (κ1) is 74.7. The number of H-pyrrole nitrogens is 1. The molecule has 0 aliphatic carbocycles. The SMILES string of the molecule is CSCC[C@H](NC(=O)[C@H](CC(N)=O)NC(=O)[C@H](CS)NC(=O)[C@H](C)NC(=O)[C@H](CC(N)=O)NC(=O)[C@H](CC(C)C)NC(=O)[C@H](CC(=O)O)NC(=O)[C@H](CC(C)C)NC(=O)[C@H](Cc1cnc[nH]1)NC(=O)[C@@H](N)CCCN=C(N)N)C(=O)NCC(=O)O. The maximum absolute atomic E-state index is 14.0. The number of nitrogens with one attached hydrogen (secondary N) is 11. The fourth-order valence-electron chi connectivity index (χ4n) is 7.66. The summed E-state index contributed by atoms with van der Waals surface area (Å²) in [6.45, 7) is 7.25. The van der Waals surface area contributed by atoms with Crippen LogP contribution in [0.15, 0.2) is 17.5 Å². The second-order valence-electron chi connectivity index (χ2n) is 20.3. The van der Waals surface area contributed by atoms with Crippen LogP contribution in [0.3, 0.4) is 0 Å². The Kier molecular flexibility index (Phi) is 33.9. The Balaban J connectivity index is 3.34. The molecule has 0 unspecified atom stereocenters. The molecule has 1 heterocycles. The highest BCUT2D eigenvalue weighted by molar-refractivity contribution is 7.98. The molecule has 0 aliphatic rings. The van der Waals surface area contributed by atoms with Gasteiger partial charge in [0.05, 0.1) is 31.6 Å². The van der Waals surface area contributed by atoms with Crippen molar-refractivity contribution >= 4 is 113 Å². The summed E-state index contributed by atoms with van der Waals surface area (Å²) in [4.78, 5) is 194. The second-order valence-corrected chi connectivity index (χ2v) is 21.7. The highest BCUT2D eigenvalue weighted by Gasteiger charge is 2.37. The topological polar surface area (TPSA) is 571 Å². The third-order valence-corrected chi connectivity index (χ3v) is 12.9. The fraction of sp³-hybridized carbons (Fsp3) is 0.633. The van der Waals surface area contributed by atoms with E-state index < -0.39 is 181 Å². The van der Waals surface area contributed by atoms with Crippen LogP contribution >= 0.6 is 24.4 Å². The van der Waals surface area contributed by atoms with Crippen LogP contribution in [0.4, 0.5) is 0 Å². The molecule has 23 N–H and O–H groups in total. The van der Waals surface area contributed by atoms with Crippen LogP contribution in [0.25, 0.3) is 0 Å². The molecule has 34 nitrogen and oxygen atoms in total. The highest BCUT2D eigenvalue weighted by atomic mass is 32.2. The summed E-state index contributed by atoms with van der Waals surface area (Å²) in [5.41, 5.74) is 28.0. The molecule has 0 bridgehead atoms. The zero-order chi connectivity index (χ0) is 64.7. The number of aliphatic imine (C=N–C) groups is 1. The van der Waals surface area contributed by atoms with Crippen LogP contribution in [-0.2, 0) is 73.5 Å². The van der Waals surface area contributed by atoms with Crippen molar-refractivity contribution in [3.05, 3.63) is 18.2 Å². The van der Waals surface area contributed by atoms with Crippen molar-refractivity contribution in [1.29, 1.82) is 0 Å². The van der Waals surface area contributed by atoms with Crippen molar-refractivity contribution in [2.45, 2.75) is 153 Å². The normalized spacial score (nSPS) is 14.5. The monoisotopic (exact) mass is 1240 g/mol. The third-order valence-electron chi connectivity index (χ3n) is 11.9. The molecule has 1 aromatic heterocycles. The van der Waals surface area contributed by atoms with E-state index >= 15 is 0 Å². The van der Waals surface area contributed by atoms with Crippen LogP contribution in [0.2, 0.25) is 0 Å². The van der Waals surface area contributed by atoms with E-state index in [-0.39, 0.29) is 50.5 Å². The van der Waals surface area contributed by atoms with E-state index in [0.717, 1.165) is 6.92 Å². The van der Waals surface area contributed by atoms with Gasteiger partial charge < -0.3 is 97.0 Å². The van der Waals surface area contributed by atoms with E-state index in [2.05, 4.69) is 80.8 Å². The number of hydrogen-bond donors (Lipinski definition) is 19. The van der Waals surface area contributed by atoms with E-state index in [4.69, 9.17) is 33.8 Å². The molecule has 476 valence electrons. The Morgan fingerprint density at radius 1 is 0.565 bits per heavy atom. The molecule has 0 fully saturated rings. The van der Waals surface area contributed by atoms with Gasteiger partial charge in [0, 0.05) is 30.6 Å². The van der Waals surface area contributed by atoms with E-state index in [1.807, 2.05) is 0 Å². The minimum Gasteiger partial charge on any atom is -0.481 e. The predicted octanol–water partition coefficient (Wildman–Crippen LogP) is -7.08. The van der Waals surface area contributed by atoms with Gasteiger partial charge >= 0.3 is 11.9 Å². The smallest absolute Gasteiger partial charge is 0.322 e. The molecule has 0 radical (unpaired) electrons. The van der Waals surface area contributed by atoms with Gasteiger partial charge in [0.1, 0.15) is 60.9 Å². The summed E-state index contributed by atoms with van der Waals surface area (Å²) in [5, 5.41) is 42.3. The Morgan fingerprint density at radius 3 is 1.44 bits per heavy atom. The van der Waals surface area contributed by atoms with Crippen molar-refractivity contribution in [2.75, 3.05) is 30.9 Å². The summed E-state index contributed by atoms with van der Waals surface area (Å²) in [5.74, 6) is -16.3. The number of nitrogens with two attached hydrogens (primary N) is 5. The molecular weight excluding hydrogens is 1160 g/mol. The van der Waals surface area contributed by atoms with Crippen molar-refractivity contribution in [3.63, 3.8) is 0 Å². The first-order valence-corrected chi connectivity index (χ1v) is 28.7. The molecule has 0 saturated carbocycles. The van der Waals surface area contributed by atoms with Gasteiger partial charge in [-0.2, -0.15) is 24.4 Å². The number of aliphatic carboxylic acids is 2. The number of nitrogens with zero attached hydrogens (tertiary/aromatic N) is 2. The zero-order valence-electron chi connectivity index (χ0n) is 48.0. The van der Waals surface area contributed by atoms with Gasteiger partial charge in [-0.25, -0.2) is 4.98 Å². The maximum Gasteiger partial charge on any atom is 0.322 e. The summed E-state index contributed by atoms with van der Waals surface area (Å²) in [7, 11) is 0. The van der Waals surface area contributed by atoms with Gasteiger partial charge in [-0.05, 0) is 62.9 Å². The Labute approximate surface area is 499 Å². The molecule has 85 heavy (non-hydrogen) atoms. The molecule has 0 aromatic carbocycles. The molecule has 12 amide bonds. The number of thioether (sulfide) groups is 1. The lowest BCUT2D eigenvalue weighted by Crippen LogP contribution is -2.61. The number of aromatic nitrogens is 2. The predicted molar refractivity (Wildman–Crippen MR) is 310 cm³/mol. The second kappa shape index (κ2) is 38.6. The van der Waals surface area contributed by atoms with Crippen molar-refractivity contribution < 1.29 is 77.3 Å². The average molecular weight is 1240 g/mol. The number of guanidine groups is 1. The van der Waals surface area contributed by atoms with E-state index in [1.54, 1.807) is 34.0 Å². The molecule has 36 heteroatoms. The third kappa shape index (κ3) is 30.2. The van der Waals surface area contributed by atoms with Crippen LogP contribution in [0, 0.1) is 11.8 Å². The summed E-state index contributed by atoms with van der Waals surface area (Å²) >= 11 is 5.39. The largest absolute Gasteiger partial charge is 0.481 e. The minimum absolute atomic E-state index is 0.0138. The van der Waals surface area contributed by atoms with Crippen molar-refractivity contribution in [2.24, 2.45) is 45.5 Å². The first-order chi connectivity index (χ1) is 39.8. The number of carboxylic acid groups (broad SMARTS) is 2. The molecule has 0 aliphatic heterocycles.